The van der Waals surface area contributed by atoms with Gasteiger partial charge in [0.15, 0.2) is 0 Å². The highest BCUT2D eigenvalue weighted by Crippen LogP contribution is 2.17. The molecule has 6 nitrogen and oxygen atoms in total. The predicted molar refractivity (Wildman–Crippen MR) is 82.1 cm³/mol. The number of pyridine rings is 1. The number of rotatable bonds is 3. The van der Waals surface area contributed by atoms with Crippen molar-refractivity contribution in [2.75, 3.05) is 5.43 Å². The number of nitrogen functional groups attached to an aromatic ring is 1. The molecule has 8 heteroatoms. The van der Waals surface area contributed by atoms with E-state index in [9.17, 15) is 4.79 Å². The third-order valence-corrected chi connectivity index (χ3v) is 4.13. The zero-order chi connectivity index (χ0) is 14.0. The predicted octanol–water partition coefficient (Wildman–Crippen LogP) is 1.54. The van der Waals surface area contributed by atoms with Crippen LogP contribution in [0.15, 0.2) is 23.3 Å². The summed E-state index contributed by atoms with van der Waals surface area (Å²) >= 11 is 8.04. The lowest BCUT2D eigenvalue weighted by molar-refractivity contribution is 0.708. The lowest BCUT2D eigenvalue weighted by atomic mass is 10.3. The van der Waals surface area contributed by atoms with Gasteiger partial charge in [-0.15, -0.1) is 0 Å². The Labute approximate surface area is 128 Å². The van der Waals surface area contributed by atoms with Crippen LogP contribution in [0, 0.1) is 10.5 Å². The van der Waals surface area contributed by atoms with Gasteiger partial charge in [-0.2, -0.15) is 0 Å². The monoisotopic (exact) mass is 391 g/mol. The van der Waals surface area contributed by atoms with Crippen LogP contribution in [-0.2, 0) is 6.54 Å². The number of aryl methyl sites for hydroxylation is 1. The van der Waals surface area contributed by atoms with Gasteiger partial charge >= 0.3 is 0 Å². The van der Waals surface area contributed by atoms with E-state index in [-0.39, 0.29) is 12.1 Å². The molecule has 0 aromatic carbocycles. The van der Waals surface area contributed by atoms with Gasteiger partial charge in [0.1, 0.15) is 5.82 Å². The number of aromatic nitrogens is 3. The van der Waals surface area contributed by atoms with Crippen molar-refractivity contribution in [2.24, 2.45) is 5.84 Å². The van der Waals surface area contributed by atoms with Crippen molar-refractivity contribution in [1.29, 1.82) is 0 Å². The fraction of sp³-hybridized carbons (Fsp3) is 0.182. The molecule has 0 aliphatic heterocycles. The molecule has 0 unspecified atom stereocenters. The first kappa shape index (κ1) is 14.2. The van der Waals surface area contributed by atoms with Crippen molar-refractivity contribution >= 4 is 40.0 Å². The Hall–Kier alpha value is -1.19. The van der Waals surface area contributed by atoms with Crippen LogP contribution in [0.5, 0.6) is 0 Å². The Bertz CT molecular complexity index is 673. The second-order valence-corrected chi connectivity index (χ2v) is 5.33. The topological polar surface area (TPSA) is 85.8 Å². The summed E-state index contributed by atoms with van der Waals surface area (Å²) in [5.41, 5.74) is 3.59. The summed E-state index contributed by atoms with van der Waals surface area (Å²) in [6, 6.07) is 3.34. The number of hydrogen-bond acceptors (Lipinski definition) is 5. The maximum atomic E-state index is 12.1. The normalized spacial score (nSPS) is 10.5. The van der Waals surface area contributed by atoms with Gasteiger partial charge in [0, 0.05) is 0 Å². The highest BCUT2D eigenvalue weighted by atomic mass is 127. The lowest BCUT2D eigenvalue weighted by Gasteiger charge is -2.09. The Morgan fingerprint density at radius 3 is 2.95 bits per heavy atom. The molecule has 100 valence electrons. The summed E-state index contributed by atoms with van der Waals surface area (Å²) in [5, 5.41) is 0.474. The van der Waals surface area contributed by atoms with Gasteiger partial charge < -0.3 is 5.43 Å². The fourth-order valence-electron chi connectivity index (χ4n) is 1.50. The quantitative estimate of drug-likeness (QED) is 0.471. The summed E-state index contributed by atoms with van der Waals surface area (Å²) in [5.74, 6) is 5.79. The molecule has 2 rings (SSSR count). The highest BCUT2D eigenvalue weighted by molar-refractivity contribution is 14.1. The van der Waals surface area contributed by atoms with Gasteiger partial charge in [-0.1, -0.05) is 11.6 Å². The van der Waals surface area contributed by atoms with E-state index in [0.29, 0.717) is 25.8 Å². The zero-order valence-electron chi connectivity index (χ0n) is 10.0. The average Bonchev–Trinajstić information content (AvgIpc) is 2.41. The van der Waals surface area contributed by atoms with Crippen molar-refractivity contribution in [3.63, 3.8) is 0 Å². The van der Waals surface area contributed by atoms with Crippen molar-refractivity contribution in [1.82, 2.24) is 14.5 Å². The number of nitrogens with one attached hydrogen (secondary N) is 1. The SMILES string of the molecule is Cc1ncn(Cc2nc(NN)ccc2Cl)c(=O)c1I. The minimum absolute atomic E-state index is 0.114. The van der Waals surface area contributed by atoms with E-state index in [0.717, 1.165) is 0 Å². The molecule has 0 bridgehead atoms. The van der Waals surface area contributed by atoms with Crippen molar-refractivity contribution in [3.05, 3.63) is 48.8 Å². The van der Waals surface area contributed by atoms with Gasteiger partial charge in [0.2, 0.25) is 0 Å². The molecule has 2 aromatic rings. The second-order valence-electron chi connectivity index (χ2n) is 3.85. The molecule has 0 atom stereocenters. The Kier molecular flexibility index (Phi) is 4.38. The summed E-state index contributed by atoms with van der Waals surface area (Å²) in [6.07, 6.45) is 1.49. The van der Waals surface area contributed by atoms with Gasteiger partial charge in [-0.25, -0.2) is 15.8 Å². The standard InChI is InChI=1S/C11H11ClIN5O/c1-6-10(13)11(19)18(5-15-6)4-8-7(12)2-3-9(16-8)17-14/h2-3,5H,4,14H2,1H3,(H,16,17). The van der Waals surface area contributed by atoms with Crippen LogP contribution >= 0.6 is 34.2 Å². The molecule has 0 saturated heterocycles. The summed E-state index contributed by atoms with van der Waals surface area (Å²) in [4.78, 5) is 20.4. The molecule has 0 aliphatic rings. The van der Waals surface area contributed by atoms with E-state index in [4.69, 9.17) is 17.4 Å². The third-order valence-electron chi connectivity index (χ3n) is 2.54. The highest BCUT2D eigenvalue weighted by Gasteiger charge is 2.09. The number of hydrogen-bond donors (Lipinski definition) is 2. The average molecular weight is 392 g/mol. The third kappa shape index (κ3) is 3.04. The minimum Gasteiger partial charge on any atom is -0.308 e. The first-order valence-electron chi connectivity index (χ1n) is 5.36. The molecule has 3 N–H and O–H groups in total. The van der Waals surface area contributed by atoms with Crippen LogP contribution in [0.2, 0.25) is 5.02 Å². The molecule has 0 fully saturated rings. The molecular weight excluding hydrogens is 381 g/mol. The Morgan fingerprint density at radius 1 is 1.53 bits per heavy atom. The maximum absolute atomic E-state index is 12.1. The summed E-state index contributed by atoms with van der Waals surface area (Å²) < 4.78 is 2.05. The van der Waals surface area contributed by atoms with Gasteiger partial charge in [-0.05, 0) is 41.6 Å². The van der Waals surface area contributed by atoms with E-state index in [2.05, 4.69) is 15.4 Å². The largest absolute Gasteiger partial charge is 0.308 e. The molecule has 2 heterocycles. The van der Waals surface area contributed by atoms with E-state index >= 15 is 0 Å². The fourth-order valence-corrected chi connectivity index (χ4v) is 2.11. The second kappa shape index (κ2) is 5.85. The molecule has 19 heavy (non-hydrogen) atoms. The Morgan fingerprint density at radius 2 is 2.26 bits per heavy atom. The van der Waals surface area contributed by atoms with Crippen molar-refractivity contribution in [3.8, 4) is 0 Å². The maximum Gasteiger partial charge on any atom is 0.267 e. The van der Waals surface area contributed by atoms with E-state index < -0.39 is 0 Å². The molecule has 0 radical (unpaired) electrons. The lowest BCUT2D eigenvalue weighted by Crippen LogP contribution is -2.25. The van der Waals surface area contributed by atoms with Crippen molar-refractivity contribution < 1.29 is 0 Å². The molecule has 0 spiro atoms. The Balaban J connectivity index is 2.42. The summed E-state index contributed by atoms with van der Waals surface area (Å²) in [7, 11) is 0. The number of hydrazine groups is 1. The van der Waals surface area contributed by atoms with Gasteiger partial charge in [0.05, 0.1) is 32.9 Å². The first-order chi connectivity index (χ1) is 9.02. The zero-order valence-corrected chi connectivity index (χ0v) is 12.9. The van der Waals surface area contributed by atoms with E-state index in [1.54, 1.807) is 19.1 Å². The first-order valence-corrected chi connectivity index (χ1v) is 6.82. The van der Waals surface area contributed by atoms with Crippen LogP contribution in [0.1, 0.15) is 11.4 Å². The van der Waals surface area contributed by atoms with E-state index in [1.165, 1.54) is 10.9 Å². The van der Waals surface area contributed by atoms with Crippen LogP contribution in [-0.4, -0.2) is 14.5 Å². The van der Waals surface area contributed by atoms with Crippen LogP contribution in [0.25, 0.3) is 0 Å². The molecule has 0 amide bonds. The number of nitrogens with zero attached hydrogens (tertiary/aromatic N) is 3. The number of anilines is 1. The summed E-state index contributed by atoms with van der Waals surface area (Å²) in [6.45, 7) is 2.04. The molecular formula is C11H11ClIN5O. The molecule has 0 saturated carbocycles. The van der Waals surface area contributed by atoms with E-state index in [1.807, 2.05) is 22.6 Å². The van der Waals surface area contributed by atoms with Crippen LogP contribution < -0.4 is 16.8 Å². The molecule has 0 aliphatic carbocycles. The number of halogens is 2. The minimum atomic E-state index is -0.114. The van der Waals surface area contributed by atoms with Crippen LogP contribution in [0.3, 0.4) is 0 Å². The van der Waals surface area contributed by atoms with Gasteiger partial charge in [0.25, 0.3) is 5.56 Å². The molecule has 2 aromatic heterocycles. The smallest absolute Gasteiger partial charge is 0.267 e. The van der Waals surface area contributed by atoms with Crippen LogP contribution in [0.4, 0.5) is 5.82 Å². The number of nitrogens with two attached hydrogens (primary N) is 1. The van der Waals surface area contributed by atoms with Gasteiger partial charge in [-0.3, -0.25) is 9.36 Å². The van der Waals surface area contributed by atoms with Crippen molar-refractivity contribution in [2.45, 2.75) is 13.5 Å².